The molecular weight excluding hydrogens is 318 g/mol. The van der Waals surface area contributed by atoms with Crippen LogP contribution in [0.15, 0.2) is 29.1 Å². The van der Waals surface area contributed by atoms with Gasteiger partial charge >= 0.3 is 0 Å². The largest absolute Gasteiger partial charge is 0.378 e. The number of nitrogens with zero attached hydrogens (tertiary/aromatic N) is 2. The second kappa shape index (κ2) is 7.11. The van der Waals surface area contributed by atoms with Crippen LogP contribution in [0.25, 0.3) is 0 Å². The third kappa shape index (κ3) is 3.59. The van der Waals surface area contributed by atoms with Crippen molar-refractivity contribution in [2.45, 2.75) is 25.8 Å². The number of carbonyl (C=O) groups is 1. The number of amides is 1. The fourth-order valence-electron chi connectivity index (χ4n) is 2.58. The van der Waals surface area contributed by atoms with Crippen LogP contribution >= 0.6 is 22.9 Å². The van der Waals surface area contributed by atoms with Crippen molar-refractivity contribution < 1.29 is 4.79 Å². The van der Waals surface area contributed by atoms with Gasteiger partial charge in [0.15, 0.2) is 0 Å². The van der Waals surface area contributed by atoms with Crippen LogP contribution in [0.1, 0.15) is 35.3 Å². The van der Waals surface area contributed by atoms with Crippen molar-refractivity contribution in [1.82, 2.24) is 9.88 Å². The van der Waals surface area contributed by atoms with Crippen molar-refractivity contribution >= 4 is 34.5 Å². The lowest BCUT2D eigenvalue weighted by Gasteiger charge is -2.27. The van der Waals surface area contributed by atoms with E-state index >= 15 is 0 Å². The molecule has 2 heterocycles. The van der Waals surface area contributed by atoms with Crippen molar-refractivity contribution in [2.75, 3.05) is 18.4 Å². The fourth-order valence-corrected chi connectivity index (χ4v) is 3.33. The number of nitrogens with one attached hydrogen (secondary N) is 1. The van der Waals surface area contributed by atoms with Crippen molar-refractivity contribution in [3.8, 4) is 0 Å². The first-order valence-electron chi connectivity index (χ1n) is 7.44. The summed E-state index contributed by atoms with van der Waals surface area (Å²) in [4.78, 5) is 18.7. The van der Waals surface area contributed by atoms with Gasteiger partial charge in [-0.2, -0.15) is 0 Å². The molecule has 3 rings (SSSR count). The maximum atomic E-state index is 12.5. The normalized spacial score (nSPS) is 14.9. The smallest absolute Gasteiger partial charge is 0.253 e. The Morgan fingerprint density at radius 2 is 2.14 bits per heavy atom. The molecule has 6 heteroatoms. The molecular formula is C16H18ClN3OS. The highest BCUT2D eigenvalue weighted by molar-refractivity contribution is 7.07. The number of hydrogen-bond acceptors (Lipinski definition) is 4. The Hall–Kier alpha value is -1.59. The first-order chi connectivity index (χ1) is 10.7. The van der Waals surface area contributed by atoms with E-state index in [-0.39, 0.29) is 5.91 Å². The summed E-state index contributed by atoms with van der Waals surface area (Å²) in [6.45, 7) is 2.30. The van der Waals surface area contributed by atoms with Gasteiger partial charge in [0, 0.05) is 24.0 Å². The van der Waals surface area contributed by atoms with E-state index in [0.29, 0.717) is 17.1 Å². The molecule has 1 saturated heterocycles. The predicted molar refractivity (Wildman–Crippen MR) is 90.6 cm³/mol. The van der Waals surface area contributed by atoms with Crippen LogP contribution in [0.3, 0.4) is 0 Å². The molecule has 1 N–H and O–H groups in total. The van der Waals surface area contributed by atoms with Gasteiger partial charge in [-0.25, -0.2) is 4.98 Å². The van der Waals surface area contributed by atoms with E-state index in [1.165, 1.54) is 6.42 Å². The lowest BCUT2D eigenvalue weighted by Crippen LogP contribution is -2.35. The summed E-state index contributed by atoms with van der Waals surface area (Å²) in [6, 6.07) is 5.42. The highest BCUT2D eigenvalue weighted by Gasteiger charge is 2.18. The topological polar surface area (TPSA) is 45.2 Å². The molecule has 2 aromatic rings. The first-order valence-corrected chi connectivity index (χ1v) is 8.76. The van der Waals surface area contributed by atoms with Crippen molar-refractivity contribution in [3.63, 3.8) is 0 Å². The van der Waals surface area contributed by atoms with E-state index in [2.05, 4.69) is 10.3 Å². The molecule has 116 valence electrons. The van der Waals surface area contributed by atoms with E-state index in [4.69, 9.17) is 11.6 Å². The van der Waals surface area contributed by atoms with Gasteiger partial charge in [-0.3, -0.25) is 4.79 Å². The zero-order valence-electron chi connectivity index (χ0n) is 12.2. The molecule has 4 nitrogen and oxygen atoms in total. The Morgan fingerprint density at radius 1 is 1.32 bits per heavy atom. The zero-order valence-corrected chi connectivity index (χ0v) is 13.8. The molecule has 1 fully saturated rings. The number of aromatic nitrogens is 1. The molecule has 0 spiro atoms. The maximum absolute atomic E-state index is 12.5. The van der Waals surface area contributed by atoms with Crippen LogP contribution in [0, 0.1) is 0 Å². The average Bonchev–Trinajstić information content (AvgIpc) is 3.08. The second-order valence-electron chi connectivity index (χ2n) is 5.38. The van der Waals surface area contributed by atoms with Crippen LogP contribution in [-0.2, 0) is 6.54 Å². The molecule has 0 bridgehead atoms. The molecule has 0 aliphatic carbocycles. The molecule has 0 unspecified atom stereocenters. The van der Waals surface area contributed by atoms with Gasteiger partial charge in [0.25, 0.3) is 5.91 Å². The standard InChI is InChI=1S/C16H18ClN3OS/c17-14-5-4-12(16(21)20-6-2-1-3-7-20)8-15(14)18-9-13-10-22-11-19-13/h4-5,8,10-11,18H,1-3,6-7,9H2. The third-order valence-electron chi connectivity index (χ3n) is 3.80. The lowest BCUT2D eigenvalue weighted by molar-refractivity contribution is 0.0724. The van der Waals surface area contributed by atoms with E-state index in [1.807, 2.05) is 16.3 Å². The molecule has 1 aliphatic heterocycles. The molecule has 1 amide bonds. The molecule has 1 aromatic heterocycles. The number of rotatable bonds is 4. The van der Waals surface area contributed by atoms with Gasteiger partial charge in [0.05, 0.1) is 28.5 Å². The fraction of sp³-hybridized carbons (Fsp3) is 0.375. The zero-order chi connectivity index (χ0) is 15.4. The minimum absolute atomic E-state index is 0.0908. The van der Waals surface area contributed by atoms with Crippen LogP contribution in [0.5, 0.6) is 0 Å². The van der Waals surface area contributed by atoms with Crippen LogP contribution < -0.4 is 5.32 Å². The quantitative estimate of drug-likeness (QED) is 0.917. The van der Waals surface area contributed by atoms with Crippen molar-refractivity contribution in [2.24, 2.45) is 0 Å². The maximum Gasteiger partial charge on any atom is 0.253 e. The van der Waals surface area contributed by atoms with Gasteiger partial charge in [-0.15, -0.1) is 11.3 Å². The number of piperidine rings is 1. The SMILES string of the molecule is O=C(c1ccc(Cl)c(NCc2cscn2)c1)N1CCCCC1. The lowest BCUT2D eigenvalue weighted by atomic mass is 10.1. The summed E-state index contributed by atoms with van der Waals surface area (Å²) >= 11 is 7.78. The van der Waals surface area contributed by atoms with Crippen LogP contribution in [0.2, 0.25) is 5.02 Å². The minimum atomic E-state index is 0.0908. The summed E-state index contributed by atoms with van der Waals surface area (Å²) in [5, 5.41) is 5.86. The van der Waals surface area contributed by atoms with Gasteiger partial charge in [-0.1, -0.05) is 11.6 Å². The Morgan fingerprint density at radius 3 is 2.86 bits per heavy atom. The number of anilines is 1. The number of halogens is 1. The van der Waals surface area contributed by atoms with Gasteiger partial charge in [0.1, 0.15) is 0 Å². The number of thiazole rings is 1. The molecule has 0 atom stereocenters. The molecule has 22 heavy (non-hydrogen) atoms. The predicted octanol–water partition coefficient (Wildman–Crippen LogP) is 4.03. The molecule has 1 aliphatic rings. The Balaban J connectivity index is 1.72. The number of carbonyl (C=O) groups excluding carboxylic acids is 1. The highest BCUT2D eigenvalue weighted by atomic mass is 35.5. The number of likely N-dealkylation sites (tertiary alicyclic amines) is 1. The Kier molecular flexibility index (Phi) is 4.95. The number of benzene rings is 1. The summed E-state index contributed by atoms with van der Waals surface area (Å²) in [6.07, 6.45) is 3.40. The highest BCUT2D eigenvalue weighted by Crippen LogP contribution is 2.25. The van der Waals surface area contributed by atoms with Gasteiger partial charge < -0.3 is 10.2 Å². The third-order valence-corrected chi connectivity index (χ3v) is 4.76. The first kappa shape index (κ1) is 15.3. The number of hydrogen-bond donors (Lipinski definition) is 1. The van der Waals surface area contributed by atoms with E-state index in [9.17, 15) is 4.79 Å². The van der Waals surface area contributed by atoms with Gasteiger partial charge in [0.2, 0.25) is 0 Å². The average molecular weight is 336 g/mol. The molecule has 0 radical (unpaired) electrons. The Labute approximate surface area is 139 Å². The van der Waals surface area contributed by atoms with E-state index in [0.717, 1.165) is 37.3 Å². The summed E-state index contributed by atoms with van der Waals surface area (Å²) < 4.78 is 0. The van der Waals surface area contributed by atoms with Crippen molar-refractivity contribution in [1.29, 1.82) is 0 Å². The van der Waals surface area contributed by atoms with Crippen LogP contribution in [0.4, 0.5) is 5.69 Å². The summed E-state index contributed by atoms with van der Waals surface area (Å²) in [5.74, 6) is 0.0908. The van der Waals surface area contributed by atoms with E-state index < -0.39 is 0 Å². The van der Waals surface area contributed by atoms with E-state index in [1.54, 1.807) is 29.0 Å². The minimum Gasteiger partial charge on any atom is -0.378 e. The van der Waals surface area contributed by atoms with Gasteiger partial charge in [-0.05, 0) is 37.5 Å². The molecule has 1 aromatic carbocycles. The van der Waals surface area contributed by atoms with Crippen molar-refractivity contribution in [3.05, 3.63) is 45.4 Å². The summed E-state index contributed by atoms with van der Waals surface area (Å²) in [5.41, 5.74) is 4.23. The van der Waals surface area contributed by atoms with Crippen LogP contribution in [-0.4, -0.2) is 28.9 Å². The Bertz CT molecular complexity index is 639. The monoisotopic (exact) mass is 335 g/mol. The molecule has 0 saturated carbocycles. The summed E-state index contributed by atoms with van der Waals surface area (Å²) in [7, 11) is 0. The second-order valence-corrected chi connectivity index (χ2v) is 6.51.